The molecule has 0 bridgehead atoms. The quantitative estimate of drug-likeness (QED) is 0.0980. The maximum absolute atomic E-state index is 12.9. The van der Waals surface area contributed by atoms with E-state index in [0.29, 0.717) is 76.3 Å². The monoisotopic (exact) mass is 588 g/mol. The summed E-state index contributed by atoms with van der Waals surface area (Å²) in [5, 5.41) is 40.7. The summed E-state index contributed by atoms with van der Waals surface area (Å²) in [7, 11) is 1.70. The Labute approximate surface area is 239 Å². The van der Waals surface area contributed by atoms with Crippen molar-refractivity contribution in [3.05, 3.63) is 57.7 Å². The number of aliphatic hydroxyl groups excluding tert-OH is 3. The maximum Gasteiger partial charge on any atom is 0.416 e. The van der Waals surface area contributed by atoms with Crippen molar-refractivity contribution in [2.45, 2.75) is 95.1 Å². The van der Waals surface area contributed by atoms with Gasteiger partial charge in [0.15, 0.2) is 0 Å². The van der Waals surface area contributed by atoms with E-state index >= 15 is 0 Å². The van der Waals surface area contributed by atoms with E-state index in [-0.39, 0.29) is 30.8 Å². The van der Waals surface area contributed by atoms with E-state index in [1.807, 2.05) is 12.2 Å². The van der Waals surface area contributed by atoms with Gasteiger partial charge in [-0.2, -0.15) is 13.2 Å². The Morgan fingerprint density at radius 2 is 1.90 bits per heavy atom. The molecule has 2 rings (SSSR count). The van der Waals surface area contributed by atoms with E-state index in [2.05, 4.69) is 4.84 Å². The number of aliphatic hydroxyl groups is 3. The first-order chi connectivity index (χ1) is 19.4. The summed E-state index contributed by atoms with van der Waals surface area (Å²) >= 11 is 0. The lowest BCUT2D eigenvalue weighted by Gasteiger charge is -2.23. The first kappa shape index (κ1) is 34.5. The highest BCUT2D eigenvalue weighted by atomic mass is 19.4. The number of aryl methyl sites for hydroxylation is 1. The molecule has 12 heteroatoms. The van der Waals surface area contributed by atoms with Crippen LogP contribution in [0.5, 0.6) is 0 Å². The summed E-state index contributed by atoms with van der Waals surface area (Å²) in [6.45, 7) is 0.510. The molecule has 9 nitrogen and oxygen atoms in total. The summed E-state index contributed by atoms with van der Waals surface area (Å²) in [4.78, 5) is 28.2. The number of allylic oxidation sites excluding steroid dienone is 2. The van der Waals surface area contributed by atoms with E-state index in [4.69, 9.17) is 0 Å². The van der Waals surface area contributed by atoms with Crippen LogP contribution >= 0.6 is 0 Å². The molecule has 0 radical (unpaired) electrons. The fourth-order valence-corrected chi connectivity index (χ4v) is 5.32. The van der Waals surface area contributed by atoms with Gasteiger partial charge in [-0.3, -0.25) is 4.79 Å². The number of nitrogens with zero attached hydrogens (tertiary/aromatic N) is 2. The predicted molar refractivity (Wildman–Crippen MR) is 146 cm³/mol. The number of alkyl halides is 3. The lowest BCUT2D eigenvalue weighted by atomic mass is 9.85. The van der Waals surface area contributed by atoms with E-state index in [0.717, 1.165) is 12.1 Å². The number of amides is 1. The summed E-state index contributed by atoms with van der Waals surface area (Å²) in [5.41, 5.74) is -0.204. The third-order valence-corrected chi connectivity index (χ3v) is 7.72. The average Bonchev–Trinajstić information content (AvgIpc) is 3.18. The van der Waals surface area contributed by atoms with E-state index < -0.39 is 35.1 Å². The molecule has 0 aliphatic heterocycles. The number of carbonyl (C=O) groups excluding carboxylic acids is 1. The smallest absolute Gasteiger partial charge is 0.393 e. The SMILES string of the molecule is CN(CCCCO[N+](=O)[O-])C(=O)CCCC=CC[C@@H]1[C@@H](CC[C@@H](O)CCc2cccc(C(F)(F)F)c2)[C@H](O)C[C@@H]1O. The largest absolute Gasteiger partial charge is 0.416 e. The zero-order chi connectivity index (χ0) is 30.4. The summed E-state index contributed by atoms with van der Waals surface area (Å²) < 4.78 is 38.8. The Hall–Kier alpha value is -2.70. The maximum atomic E-state index is 12.9. The highest BCUT2D eigenvalue weighted by Crippen LogP contribution is 2.38. The molecular weight excluding hydrogens is 545 g/mol. The molecule has 1 aliphatic rings. The topological polar surface area (TPSA) is 133 Å². The Bertz CT molecular complexity index is 976. The summed E-state index contributed by atoms with van der Waals surface area (Å²) in [5.74, 6) is -0.359. The molecule has 1 aromatic rings. The fourth-order valence-electron chi connectivity index (χ4n) is 5.32. The van der Waals surface area contributed by atoms with Gasteiger partial charge >= 0.3 is 6.18 Å². The lowest BCUT2D eigenvalue weighted by molar-refractivity contribution is -0.757. The number of carbonyl (C=O) groups is 1. The molecule has 0 spiro atoms. The zero-order valence-corrected chi connectivity index (χ0v) is 23.5. The number of hydrogen-bond donors (Lipinski definition) is 3. The van der Waals surface area contributed by atoms with Crippen molar-refractivity contribution in [1.82, 2.24) is 4.90 Å². The fraction of sp³-hybridized carbons (Fsp3) is 0.690. The highest BCUT2D eigenvalue weighted by molar-refractivity contribution is 5.75. The van der Waals surface area contributed by atoms with Crippen molar-refractivity contribution in [2.75, 3.05) is 20.2 Å². The molecule has 41 heavy (non-hydrogen) atoms. The van der Waals surface area contributed by atoms with Gasteiger partial charge in [-0.1, -0.05) is 30.4 Å². The van der Waals surface area contributed by atoms with Crippen LogP contribution in [0.3, 0.4) is 0 Å². The predicted octanol–water partition coefficient (Wildman–Crippen LogP) is 4.70. The first-order valence-corrected chi connectivity index (χ1v) is 14.2. The Morgan fingerprint density at radius 1 is 1.17 bits per heavy atom. The van der Waals surface area contributed by atoms with Crippen molar-refractivity contribution in [2.24, 2.45) is 11.8 Å². The van der Waals surface area contributed by atoms with E-state index in [9.17, 15) is 43.4 Å². The minimum absolute atomic E-state index is 0.00499. The van der Waals surface area contributed by atoms with Crippen molar-refractivity contribution < 1.29 is 43.2 Å². The minimum atomic E-state index is -4.41. The lowest BCUT2D eigenvalue weighted by Crippen LogP contribution is -2.27. The minimum Gasteiger partial charge on any atom is -0.393 e. The van der Waals surface area contributed by atoms with Crippen LogP contribution in [0.4, 0.5) is 13.2 Å². The van der Waals surface area contributed by atoms with E-state index in [1.165, 1.54) is 6.07 Å². The van der Waals surface area contributed by atoms with Gasteiger partial charge < -0.3 is 25.1 Å². The average molecular weight is 589 g/mol. The van der Waals surface area contributed by atoms with Crippen molar-refractivity contribution in [3.8, 4) is 0 Å². The third-order valence-electron chi connectivity index (χ3n) is 7.72. The molecule has 0 saturated heterocycles. The van der Waals surface area contributed by atoms with Crippen LogP contribution < -0.4 is 0 Å². The van der Waals surface area contributed by atoms with Crippen LogP contribution in [0, 0.1) is 22.0 Å². The molecule has 1 aromatic carbocycles. The second-order valence-electron chi connectivity index (χ2n) is 10.8. The second-order valence-corrected chi connectivity index (χ2v) is 10.8. The van der Waals surface area contributed by atoms with Gasteiger partial charge in [0.1, 0.15) is 0 Å². The number of halogens is 3. The molecule has 232 valence electrons. The van der Waals surface area contributed by atoms with Crippen molar-refractivity contribution >= 4 is 5.91 Å². The Kier molecular flexibility index (Phi) is 14.6. The molecule has 0 aromatic heterocycles. The van der Waals surface area contributed by atoms with Gasteiger partial charge in [0.05, 0.1) is 30.5 Å². The van der Waals surface area contributed by atoms with Gasteiger partial charge in [-0.15, -0.1) is 10.1 Å². The van der Waals surface area contributed by atoms with Gasteiger partial charge in [0.25, 0.3) is 5.09 Å². The number of hydrogen-bond acceptors (Lipinski definition) is 7. The van der Waals surface area contributed by atoms with Crippen LogP contribution in [0.1, 0.15) is 75.3 Å². The standard InChI is InChI=1S/C29H43F3N2O7/c1-33(17-6-7-18-41-34(39)40)28(38)12-5-3-2-4-11-24-25(27(37)20-26(24)36)16-15-23(35)14-13-21-9-8-10-22(19-21)29(30,31)32/h2,4,8-10,19,23-27,35-37H,3,5-7,11-18,20H2,1H3/t23-,24+,25+,26-,27+/m0/s1. The van der Waals surface area contributed by atoms with Crippen molar-refractivity contribution in [3.63, 3.8) is 0 Å². The van der Waals surface area contributed by atoms with Gasteiger partial charge in [-0.25, -0.2) is 0 Å². The Morgan fingerprint density at radius 3 is 2.61 bits per heavy atom. The molecule has 0 heterocycles. The van der Waals surface area contributed by atoms with Crippen molar-refractivity contribution in [1.29, 1.82) is 0 Å². The van der Waals surface area contributed by atoms with Crippen LogP contribution in [-0.4, -0.2) is 69.7 Å². The van der Waals surface area contributed by atoms with Gasteiger partial charge in [-0.05, 0) is 87.7 Å². The van der Waals surface area contributed by atoms with Crippen LogP contribution in [0.25, 0.3) is 0 Å². The molecule has 0 unspecified atom stereocenters. The van der Waals surface area contributed by atoms with E-state index in [1.54, 1.807) is 18.0 Å². The first-order valence-electron chi connectivity index (χ1n) is 14.2. The molecule has 1 fully saturated rings. The molecule has 3 N–H and O–H groups in total. The molecule has 5 atom stereocenters. The van der Waals surface area contributed by atoms with Gasteiger partial charge in [0, 0.05) is 20.0 Å². The molecule has 1 amide bonds. The van der Waals surface area contributed by atoms with Crippen LogP contribution in [-0.2, 0) is 22.2 Å². The molecule has 1 saturated carbocycles. The highest BCUT2D eigenvalue weighted by Gasteiger charge is 2.40. The normalized spacial score (nSPS) is 21.7. The summed E-state index contributed by atoms with van der Waals surface area (Å²) in [6, 6.07) is 5.09. The van der Waals surface area contributed by atoms with Crippen LogP contribution in [0.15, 0.2) is 36.4 Å². The van der Waals surface area contributed by atoms with Crippen LogP contribution in [0.2, 0.25) is 0 Å². The number of benzene rings is 1. The molecular formula is C29H43F3N2O7. The second kappa shape index (κ2) is 17.3. The number of unbranched alkanes of at least 4 members (excludes halogenated alkanes) is 2. The summed E-state index contributed by atoms with van der Waals surface area (Å²) in [6.07, 6.45) is 2.56. The number of rotatable bonds is 18. The third kappa shape index (κ3) is 12.8. The Balaban J connectivity index is 1.68. The van der Waals surface area contributed by atoms with Gasteiger partial charge in [0.2, 0.25) is 5.91 Å². The zero-order valence-electron chi connectivity index (χ0n) is 23.5. The molecule has 1 aliphatic carbocycles.